The van der Waals surface area contributed by atoms with Gasteiger partial charge in [0.2, 0.25) is 0 Å². The van der Waals surface area contributed by atoms with Crippen LogP contribution in [0.25, 0.3) is 0 Å². The highest BCUT2D eigenvalue weighted by Crippen LogP contribution is 2.32. The number of nitro groups is 1. The molecule has 21 heavy (non-hydrogen) atoms. The van der Waals surface area contributed by atoms with Gasteiger partial charge in [0, 0.05) is 11.6 Å². The molecule has 0 radical (unpaired) electrons. The highest BCUT2D eigenvalue weighted by atomic mass is 16.6. The summed E-state index contributed by atoms with van der Waals surface area (Å²) in [5.41, 5.74) is 7.70. The van der Waals surface area contributed by atoms with Crippen molar-refractivity contribution in [2.75, 3.05) is 6.54 Å². The van der Waals surface area contributed by atoms with E-state index in [1.807, 2.05) is 36.4 Å². The van der Waals surface area contributed by atoms with Crippen molar-refractivity contribution in [3.05, 3.63) is 69.3 Å². The Morgan fingerprint density at radius 1 is 1.14 bits per heavy atom. The molecule has 0 spiro atoms. The maximum atomic E-state index is 11.1. The molecule has 0 atom stereocenters. The van der Waals surface area contributed by atoms with Crippen LogP contribution < -0.4 is 5.73 Å². The minimum atomic E-state index is -0.546. The molecule has 0 heterocycles. The molecule has 0 aliphatic rings. The van der Waals surface area contributed by atoms with Gasteiger partial charge in [-0.1, -0.05) is 36.4 Å². The van der Waals surface area contributed by atoms with Crippen molar-refractivity contribution < 1.29 is 10.0 Å². The molecule has 0 bridgehead atoms. The molecule has 0 aromatic heterocycles. The molecule has 2 aromatic carbocycles. The van der Waals surface area contributed by atoms with E-state index in [1.165, 1.54) is 6.07 Å². The van der Waals surface area contributed by atoms with E-state index >= 15 is 0 Å². The maximum absolute atomic E-state index is 11.1. The fourth-order valence-corrected chi connectivity index (χ4v) is 2.30. The number of hydrogen-bond acceptors (Lipinski definition) is 4. The van der Waals surface area contributed by atoms with Gasteiger partial charge < -0.3 is 10.8 Å². The first-order chi connectivity index (χ1) is 10.1. The molecular formula is C16H18N2O3. The predicted octanol–water partition coefficient (Wildman–Crippen LogP) is 2.78. The molecule has 0 amide bonds. The number of nitro benzene ring substituents is 1. The van der Waals surface area contributed by atoms with Gasteiger partial charge in [0.1, 0.15) is 0 Å². The van der Waals surface area contributed by atoms with E-state index in [-0.39, 0.29) is 11.4 Å². The lowest BCUT2D eigenvalue weighted by Crippen LogP contribution is -2.02. The third kappa shape index (κ3) is 3.79. The number of rotatable bonds is 6. The van der Waals surface area contributed by atoms with E-state index in [1.54, 1.807) is 0 Å². The van der Waals surface area contributed by atoms with E-state index in [9.17, 15) is 15.2 Å². The lowest BCUT2D eigenvalue weighted by molar-refractivity contribution is -0.386. The smallest absolute Gasteiger partial charge is 0.311 e. The Hall–Kier alpha value is -2.40. The Balaban J connectivity index is 2.36. The third-order valence-corrected chi connectivity index (χ3v) is 3.33. The second-order valence-electron chi connectivity index (χ2n) is 4.93. The number of aryl methyl sites for hydroxylation is 1. The van der Waals surface area contributed by atoms with E-state index in [0.717, 1.165) is 11.1 Å². The summed E-state index contributed by atoms with van der Waals surface area (Å²) in [6.07, 6.45) is 1.81. The largest absolute Gasteiger partial charge is 0.502 e. The van der Waals surface area contributed by atoms with Crippen LogP contribution in [0.5, 0.6) is 5.75 Å². The summed E-state index contributed by atoms with van der Waals surface area (Å²) < 4.78 is 0. The van der Waals surface area contributed by atoms with E-state index in [0.29, 0.717) is 31.4 Å². The summed E-state index contributed by atoms with van der Waals surface area (Å²) in [4.78, 5) is 10.5. The van der Waals surface area contributed by atoms with Crippen LogP contribution in [-0.4, -0.2) is 16.6 Å². The highest BCUT2D eigenvalue weighted by molar-refractivity contribution is 5.54. The fourth-order valence-electron chi connectivity index (χ4n) is 2.30. The number of phenols is 1. The number of nitrogens with two attached hydrogens (primary N) is 1. The molecular weight excluding hydrogens is 268 g/mol. The number of hydrogen-bond donors (Lipinski definition) is 2. The van der Waals surface area contributed by atoms with Crippen LogP contribution >= 0.6 is 0 Å². The molecule has 0 aliphatic carbocycles. The van der Waals surface area contributed by atoms with E-state index < -0.39 is 4.92 Å². The van der Waals surface area contributed by atoms with Gasteiger partial charge in [-0.25, -0.2) is 0 Å². The van der Waals surface area contributed by atoms with Crippen molar-refractivity contribution in [2.24, 2.45) is 5.73 Å². The van der Waals surface area contributed by atoms with Crippen LogP contribution in [0.15, 0.2) is 42.5 Å². The third-order valence-electron chi connectivity index (χ3n) is 3.33. The highest BCUT2D eigenvalue weighted by Gasteiger charge is 2.18. The van der Waals surface area contributed by atoms with Crippen LogP contribution in [0.4, 0.5) is 5.69 Å². The number of nitrogens with zero attached hydrogens (tertiary/aromatic N) is 1. The molecule has 110 valence electrons. The molecule has 0 saturated carbocycles. The van der Waals surface area contributed by atoms with Crippen molar-refractivity contribution in [2.45, 2.75) is 19.3 Å². The molecule has 2 rings (SSSR count). The van der Waals surface area contributed by atoms with Gasteiger partial charge in [0.25, 0.3) is 0 Å². The van der Waals surface area contributed by atoms with E-state index in [2.05, 4.69) is 0 Å². The molecule has 5 heteroatoms. The van der Waals surface area contributed by atoms with Crippen LogP contribution in [0.1, 0.15) is 23.1 Å². The van der Waals surface area contributed by atoms with Gasteiger partial charge in [-0.2, -0.15) is 0 Å². The molecule has 5 nitrogen and oxygen atoms in total. The first kappa shape index (κ1) is 15.0. The normalized spacial score (nSPS) is 10.5. The molecule has 0 fully saturated rings. The van der Waals surface area contributed by atoms with Gasteiger partial charge in [-0.15, -0.1) is 0 Å². The van der Waals surface area contributed by atoms with Crippen molar-refractivity contribution in [1.29, 1.82) is 0 Å². The average Bonchev–Trinajstić information content (AvgIpc) is 2.48. The van der Waals surface area contributed by atoms with Gasteiger partial charge in [-0.3, -0.25) is 10.1 Å². The summed E-state index contributed by atoms with van der Waals surface area (Å²) in [6.45, 7) is 0.482. The van der Waals surface area contributed by atoms with Gasteiger partial charge in [-0.05, 0) is 36.9 Å². The SMILES string of the molecule is NCCCc1cc(Cc2ccccc2)cc([N+](=O)[O-])c1O. The zero-order chi connectivity index (χ0) is 15.2. The zero-order valence-electron chi connectivity index (χ0n) is 11.7. The fraction of sp³-hybridized carbons (Fsp3) is 0.250. The van der Waals surface area contributed by atoms with Crippen LogP contribution in [0.3, 0.4) is 0 Å². The average molecular weight is 286 g/mol. The van der Waals surface area contributed by atoms with Crippen molar-refractivity contribution in [3.8, 4) is 5.75 Å². The number of phenolic OH excluding ortho intramolecular Hbond substituents is 1. The predicted molar refractivity (Wildman–Crippen MR) is 81.4 cm³/mol. The number of benzene rings is 2. The van der Waals surface area contributed by atoms with Crippen LogP contribution in [-0.2, 0) is 12.8 Å². The summed E-state index contributed by atoms with van der Waals surface area (Å²) in [5.74, 6) is -0.245. The molecule has 3 N–H and O–H groups in total. The lowest BCUT2D eigenvalue weighted by atomic mass is 9.99. The molecule has 0 aliphatic heterocycles. The molecule has 0 saturated heterocycles. The summed E-state index contributed by atoms with van der Waals surface area (Å²) >= 11 is 0. The Morgan fingerprint density at radius 3 is 2.48 bits per heavy atom. The Morgan fingerprint density at radius 2 is 1.86 bits per heavy atom. The summed E-state index contributed by atoms with van der Waals surface area (Å²) in [5, 5.41) is 21.1. The second-order valence-corrected chi connectivity index (χ2v) is 4.93. The monoisotopic (exact) mass is 286 g/mol. The maximum Gasteiger partial charge on any atom is 0.311 e. The Kier molecular flexibility index (Phi) is 4.90. The van der Waals surface area contributed by atoms with Gasteiger partial charge >= 0.3 is 5.69 Å². The quantitative estimate of drug-likeness (QED) is 0.631. The first-order valence-corrected chi connectivity index (χ1v) is 6.85. The van der Waals surface area contributed by atoms with Gasteiger partial charge in [0.05, 0.1) is 4.92 Å². The molecule has 2 aromatic rings. The van der Waals surface area contributed by atoms with Gasteiger partial charge in [0.15, 0.2) is 5.75 Å². The topological polar surface area (TPSA) is 89.4 Å². The second kappa shape index (κ2) is 6.85. The zero-order valence-corrected chi connectivity index (χ0v) is 11.7. The van der Waals surface area contributed by atoms with Crippen LogP contribution in [0.2, 0.25) is 0 Å². The number of aromatic hydroxyl groups is 1. The standard InChI is InChI=1S/C16H18N2O3/c17-8-4-7-14-10-13(9-12-5-2-1-3-6-12)11-15(16(14)19)18(20)21/h1-3,5-6,10-11,19H,4,7-9,17H2. The van der Waals surface area contributed by atoms with E-state index in [4.69, 9.17) is 5.73 Å². The molecule has 0 unspecified atom stereocenters. The van der Waals surface area contributed by atoms with Crippen molar-refractivity contribution in [1.82, 2.24) is 0 Å². The lowest BCUT2D eigenvalue weighted by Gasteiger charge is -2.09. The Bertz CT molecular complexity index is 627. The minimum absolute atomic E-state index is 0.240. The minimum Gasteiger partial charge on any atom is -0.502 e. The summed E-state index contributed by atoms with van der Waals surface area (Å²) in [6, 6.07) is 13.0. The van der Waals surface area contributed by atoms with Crippen molar-refractivity contribution >= 4 is 5.69 Å². The van der Waals surface area contributed by atoms with Crippen molar-refractivity contribution in [3.63, 3.8) is 0 Å². The summed E-state index contributed by atoms with van der Waals surface area (Å²) in [7, 11) is 0. The Labute approximate surface area is 123 Å². The first-order valence-electron chi connectivity index (χ1n) is 6.85. The van der Waals surface area contributed by atoms with Crippen LogP contribution in [0, 0.1) is 10.1 Å².